The van der Waals surface area contributed by atoms with E-state index in [0.29, 0.717) is 23.7 Å². The molecule has 1 atom stereocenters. The number of likely N-dealkylation sites (tertiary alicyclic amines) is 1. The number of hydrogen-bond donors (Lipinski definition) is 1. The molecule has 2 aromatic rings. The van der Waals surface area contributed by atoms with E-state index in [1.54, 1.807) is 18.2 Å². The molecule has 0 saturated carbocycles. The van der Waals surface area contributed by atoms with Crippen LogP contribution in [0.15, 0.2) is 42.5 Å². The number of rotatable bonds is 9. The van der Waals surface area contributed by atoms with Gasteiger partial charge in [-0.1, -0.05) is 55.3 Å². The Hall–Kier alpha value is -2.09. The number of benzene rings is 2. The topological polar surface area (TPSA) is 69.7 Å². The maximum Gasteiger partial charge on any atom is 0.244 e. The Morgan fingerprint density at radius 3 is 2.42 bits per heavy atom. The van der Waals surface area contributed by atoms with Crippen molar-refractivity contribution >= 4 is 33.2 Å². The number of halogens is 1. The highest BCUT2D eigenvalue weighted by molar-refractivity contribution is 7.92. The van der Waals surface area contributed by atoms with Gasteiger partial charge in [-0.25, -0.2) is 8.42 Å². The standard InChI is InChI=1S/C25H34ClN3O3S/c1-4-23(29(33(3,31)32)24-16-22(26)13-12-19(24)2)25(30)27-17-20-10-6-7-11-21(20)18-28-14-8-5-9-15-28/h6-7,10-13,16,23H,4-5,8-9,14-15,17-18H2,1-3H3,(H,27,30)/t23-/m1/s1. The van der Waals surface area contributed by atoms with Crippen molar-refractivity contribution in [3.05, 3.63) is 64.2 Å². The van der Waals surface area contributed by atoms with Gasteiger partial charge in [0.15, 0.2) is 0 Å². The minimum absolute atomic E-state index is 0.324. The molecular weight excluding hydrogens is 458 g/mol. The van der Waals surface area contributed by atoms with Crippen LogP contribution >= 0.6 is 11.6 Å². The number of sulfonamides is 1. The first-order valence-corrected chi connectivity index (χ1v) is 13.8. The molecule has 1 saturated heterocycles. The van der Waals surface area contributed by atoms with Gasteiger partial charge in [0.1, 0.15) is 6.04 Å². The minimum atomic E-state index is -3.72. The zero-order chi connectivity index (χ0) is 24.0. The van der Waals surface area contributed by atoms with Crippen LogP contribution in [0.3, 0.4) is 0 Å². The van der Waals surface area contributed by atoms with Gasteiger partial charge in [0, 0.05) is 18.1 Å². The molecule has 8 heteroatoms. The van der Waals surface area contributed by atoms with Crippen LogP contribution in [0.1, 0.15) is 49.3 Å². The summed E-state index contributed by atoms with van der Waals surface area (Å²) in [6, 6.07) is 12.3. The molecule has 3 rings (SSSR count). The zero-order valence-corrected chi connectivity index (χ0v) is 21.3. The predicted molar refractivity (Wildman–Crippen MR) is 135 cm³/mol. The third-order valence-corrected chi connectivity index (χ3v) is 7.55. The van der Waals surface area contributed by atoms with Crippen LogP contribution in [0.4, 0.5) is 5.69 Å². The van der Waals surface area contributed by atoms with E-state index in [1.165, 1.54) is 29.1 Å². The molecule has 1 aliphatic heterocycles. The molecule has 0 unspecified atom stereocenters. The summed E-state index contributed by atoms with van der Waals surface area (Å²) in [5.74, 6) is -0.324. The fourth-order valence-corrected chi connectivity index (χ4v) is 5.83. The number of anilines is 1. The van der Waals surface area contributed by atoms with Crippen LogP contribution in [-0.4, -0.2) is 44.6 Å². The quantitative estimate of drug-likeness (QED) is 0.561. The van der Waals surface area contributed by atoms with Crippen LogP contribution in [0.5, 0.6) is 0 Å². The van der Waals surface area contributed by atoms with E-state index in [0.717, 1.165) is 37.0 Å². The Balaban J connectivity index is 1.78. The molecule has 1 fully saturated rings. The van der Waals surface area contributed by atoms with E-state index in [-0.39, 0.29) is 5.91 Å². The van der Waals surface area contributed by atoms with Crippen molar-refractivity contribution in [3.8, 4) is 0 Å². The molecule has 0 bridgehead atoms. The predicted octanol–water partition coefficient (Wildman–Crippen LogP) is 4.50. The summed E-state index contributed by atoms with van der Waals surface area (Å²) < 4.78 is 26.7. The fraction of sp³-hybridized carbons (Fsp3) is 0.480. The largest absolute Gasteiger partial charge is 0.350 e. The molecule has 180 valence electrons. The molecule has 1 amide bonds. The first-order valence-electron chi connectivity index (χ1n) is 11.5. The van der Waals surface area contributed by atoms with E-state index in [9.17, 15) is 13.2 Å². The molecular formula is C25H34ClN3O3S. The summed E-state index contributed by atoms with van der Waals surface area (Å²) in [4.78, 5) is 15.7. The van der Waals surface area contributed by atoms with E-state index in [1.807, 2.05) is 32.0 Å². The van der Waals surface area contributed by atoms with Crippen LogP contribution in [0.2, 0.25) is 5.02 Å². The molecule has 0 spiro atoms. The van der Waals surface area contributed by atoms with Crippen molar-refractivity contribution in [2.24, 2.45) is 0 Å². The van der Waals surface area contributed by atoms with E-state index >= 15 is 0 Å². The van der Waals surface area contributed by atoms with Gasteiger partial charge in [-0.3, -0.25) is 14.0 Å². The second-order valence-corrected chi connectivity index (χ2v) is 11.0. The van der Waals surface area contributed by atoms with Gasteiger partial charge < -0.3 is 5.32 Å². The van der Waals surface area contributed by atoms with Gasteiger partial charge in [0.25, 0.3) is 0 Å². The van der Waals surface area contributed by atoms with Crippen molar-refractivity contribution in [2.75, 3.05) is 23.7 Å². The van der Waals surface area contributed by atoms with Crippen molar-refractivity contribution in [3.63, 3.8) is 0 Å². The van der Waals surface area contributed by atoms with Gasteiger partial charge in [-0.2, -0.15) is 0 Å². The van der Waals surface area contributed by atoms with Crippen molar-refractivity contribution in [1.29, 1.82) is 0 Å². The summed E-state index contributed by atoms with van der Waals surface area (Å²) in [6.07, 6.45) is 5.19. The fourth-order valence-electron chi connectivity index (χ4n) is 4.40. The number of carbonyl (C=O) groups excluding carboxylic acids is 1. The summed E-state index contributed by atoms with van der Waals surface area (Å²) in [5, 5.41) is 3.41. The second-order valence-electron chi connectivity index (χ2n) is 8.74. The lowest BCUT2D eigenvalue weighted by atomic mass is 10.0. The first-order chi connectivity index (χ1) is 15.7. The highest BCUT2D eigenvalue weighted by Crippen LogP contribution is 2.29. The molecule has 0 aliphatic carbocycles. The molecule has 33 heavy (non-hydrogen) atoms. The third kappa shape index (κ3) is 6.71. The number of carbonyl (C=O) groups is 1. The Bertz CT molecular complexity index is 1070. The van der Waals surface area contributed by atoms with Gasteiger partial charge in [0.05, 0.1) is 11.9 Å². The minimum Gasteiger partial charge on any atom is -0.350 e. The summed E-state index contributed by atoms with van der Waals surface area (Å²) in [5.41, 5.74) is 3.41. The van der Waals surface area contributed by atoms with Crippen LogP contribution < -0.4 is 9.62 Å². The lowest BCUT2D eigenvalue weighted by molar-refractivity contribution is -0.122. The van der Waals surface area contributed by atoms with E-state index in [2.05, 4.69) is 16.3 Å². The van der Waals surface area contributed by atoms with Gasteiger partial charge in [0.2, 0.25) is 15.9 Å². The highest BCUT2D eigenvalue weighted by Gasteiger charge is 2.32. The third-order valence-electron chi connectivity index (χ3n) is 6.15. The Labute approximate surface area is 203 Å². The Morgan fingerprint density at radius 1 is 1.12 bits per heavy atom. The number of aryl methyl sites for hydroxylation is 1. The molecule has 1 N–H and O–H groups in total. The monoisotopic (exact) mass is 491 g/mol. The van der Waals surface area contributed by atoms with Gasteiger partial charge >= 0.3 is 0 Å². The Kier molecular flexibility index (Phi) is 8.79. The van der Waals surface area contributed by atoms with Crippen molar-refractivity contribution < 1.29 is 13.2 Å². The first kappa shape index (κ1) is 25.5. The smallest absolute Gasteiger partial charge is 0.244 e. The summed E-state index contributed by atoms with van der Waals surface area (Å²) in [6.45, 7) is 7.03. The summed E-state index contributed by atoms with van der Waals surface area (Å²) >= 11 is 6.15. The second kappa shape index (κ2) is 11.4. The number of piperidine rings is 1. The van der Waals surface area contributed by atoms with Crippen LogP contribution in [0.25, 0.3) is 0 Å². The molecule has 0 aromatic heterocycles. The number of nitrogens with one attached hydrogen (secondary N) is 1. The van der Waals surface area contributed by atoms with Crippen molar-refractivity contribution in [2.45, 2.75) is 58.7 Å². The van der Waals surface area contributed by atoms with Crippen LogP contribution in [0, 0.1) is 6.92 Å². The van der Waals surface area contributed by atoms with Gasteiger partial charge in [-0.15, -0.1) is 0 Å². The van der Waals surface area contributed by atoms with Crippen molar-refractivity contribution in [1.82, 2.24) is 10.2 Å². The molecule has 6 nitrogen and oxygen atoms in total. The average molecular weight is 492 g/mol. The molecule has 1 heterocycles. The Morgan fingerprint density at radius 2 is 1.79 bits per heavy atom. The number of nitrogens with zero attached hydrogens (tertiary/aromatic N) is 2. The number of amides is 1. The number of hydrogen-bond acceptors (Lipinski definition) is 4. The SMILES string of the molecule is CC[C@H](C(=O)NCc1ccccc1CN1CCCCC1)N(c1cc(Cl)ccc1C)S(C)(=O)=O. The maximum atomic E-state index is 13.2. The normalized spacial score (nSPS) is 15.8. The maximum absolute atomic E-state index is 13.2. The lowest BCUT2D eigenvalue weighted by Gasteiger charge is -2.31. The highest BCUT2D eigenvalue weighted by atomic mass is 35.5. The van der Waals surface area contributed by atoms with E-state index < -0.39 is 16.1 Å². The lowest BCUT2D eigenvalue weighted by Crippen LogP contribution is -2.49. The zero-order valence-electron chi connectivity index (χ0n) is 19.7. The van der Waals surface area contributed by atoms with Gasteiger partial charge in [-0.05, 0) is 68.1 Å². The molecule has 0 radical (unpaired) electrons. The summed E-state index contributed by atoms with van der Waals surface area (Å²) in [7, 11) is -3.72. The average Bonchev–Trinajstić information content (AvgIpc) is 2.78. The van der Waals surface area contributed by atoms with E-state index in [4.69, 9.17) is 11.6 Å². The van der Waals surface area contributed by atoms with Crippen LogP contribution in [-0.2, 0) is 27.9 Å². The molecule has 1 aliphatic rings. The molecule has 2 aromatic carbocycles.